The quantitative estimate of drug-likeness (QED) is 0.495. The fraction of sp³-hybridized carbons (Fsp3) is 0.273. The van der Waals surface area contributed by atoms with Crippen molar-refractivity contribution < 1.29 is 14.3 Å². The SMILES string of the molecule is CC[C@@]1(NC(=O)CN)C(=O)OCc2c1cc1n(c2=O)Cc2cc3ccccc3nc2-1. The first-order valence-electron chi connectivity index (χ1n) is 9.83. The number of nitrogens with two attached hydrogens (primary N) is 1. The van der Waals surface area contributed by atoms with Gasteiger partial charge in [0.25, 0.3) is 5.56 Å². The lowest BCUT2D eigenvalue weighted by molar-refractivity contribution is -0.158. The summed E-state index contributed by atoms with van der Waals surface area (Å²) < 4.78 is 6.97. The highest BCUT2D eigenvalue weighted by atomic mass is 16.5. The molecule has 5 rings (SSSR count). The maximum atomic E-state index is 13.3. The van der Waals surface area contributed by atoms with Gasteiger partial charge in [-0.05, 0) is 24.6 Å². The minimum Gasteiger partial charge on any atom is -0.459 e. The Morgan fingerprint density at radius 3 is 2.87 bits per heavy atom. The van der Waals surface area contributed by atoms with Crippen LogP contribution in [0.1, 0.15) is 30.0 Å². The zero-order valence-corrected chi connectivity index (χ0v) is 16.4. The highest BCUT2D eigenvalue weighted by Gasteiger charge is 2.47. The number of pyridine rings is 2. The Balaban J connectivity index is 1.77. The van der Waals surface area contributed by atoms with Crippen molar-refractivity contribution in [2.75, 3.05) is 6.54 Å². The molecular formula is C22H20N4O4. The molecule has 1 amide bonds. The number of hydrogen-bond acceptors (Lipinski definition) is 6. The fourth-order valence-corrected chi connectivity index (χ4v) is 4.44. The summed E-state index contributed by atoms with van der Waals surface area (Å²) in [6.45, 7) is 1.76. The van der Waals surface area contributed by atoms with E-state index < -0.39 is 17.4 Å². The van der Waals surface area contributed by atoms with Crippen LogP contribution < -0.4 is 16.6 Å². The van der Waals surface area contributed by atoms with Crippen LogP contribution in [0.2, 0.25) is 0 Å². The van der Waals surface area contributed by atoms with Crippen molar-refractivity contribution in [3.63, 3.8) is 0 Å². The number of hydrogen-bond donors (Lipinski definition) is 2. The summed E-state index contributed by atoms with van der Waals surface area (Å²) in [6.07, 6.45) is 0.228. The number of rotatable bonds is 3. The molecule has 4 heterocycles. The Morgan fingerprint density at radius 1 is 1.30 bits per heavy atom. The number of nitrogens with zero attached hydrogens (tertiary/aromatic N) is 2. The molecule has 2 aliphatic rings. The molecule has 8 heteroatoms. The highest BCUT2D eigenvalue weighted by molar-refractivity contribution is 5.92. The van der Waals surface area contributed by atoms with Gasteiger partial charge in [-0.15, -0.1) is 0 Å². The number of carbonyl (C=O) groups is 2. The van der Waals surface area contributed by atoms with E-state index in [1.807, 2.05) is 30.3 Å². The number of fused-ring (bicyclic) bond motifs is 5. The number of cyclic esters (lactones) is 1. The number of benzene rings is 1. The highest BCUT2D eigenvalue weighted by Crippen LogP contribution is 2.38. The maximum absolute atomic E-state index is 13.3. The normalized spacial score (nSPS) is 19.1. The van der Waals surface area contributed by atoms with Gasteiger partial charge in [0.05, 0.1) is 35.6 Å². The summed E-state index contributed by atoms with van der Waals surface area (Å²) >= 11 is 0. The van der Waals surface area contributed by atoms with E-state index in [0.717, 1.165) is 16.5 Å². The van der Waals surface area contributed by atoms with Crippen LogP contribution in [0.3, 0.4) is 0 Å². The van der Waals surface area contributed by atoms with E-state index >= 15 is 0 Å². The molecule has 2 aliphatic heterocycles. The smallest absolute Gasteiger partial charge is 0.336 e. The zero-order chi connectivity index (χ0) is 21.0. The van der Waals surface area contributed by atoms with Gasteiger partial charge in [-0.2, -0.15) is 0 Å². The molecule has 30 heavy (non-hydrogen) atoms. The number of esters is 1. The summed E-state index contributed by atoms with van der Waals surface area (Å²) in [4.78, 5) is 43.0. The van der Waals surface area contributed by atoms with Gasteiger partial charge in [-0.3, -0.25) is 9.59 Å². The molecule has 0 bridgehead atoms. The van der Waals surface area contributed by atoms with E-state index in [2.05, 4.69) is 5.32 Å². The number of aromatic nitrogens is 2. The summed E-state index contributed by atoms with van der Waals surface area (Å²) in [5.41, 5.74) is 7.72. The molecule has 0 saturated carbocycles. The Morgan fingerprint density at radius 2 is 2.10 bits per heavy atom. The van der Waals surface area contributed by atoms with Gasteiger partial charge >= 0.3 is 5.97 Å². The molecule has 0 saturated heterocycles. The van der Waals surface area contributed by atoms with E-state index in [1.165, 1.54) is 0 Å². The van der Waals surface area contributed by atoms with Crippen molar-refractivity contribution in [1.29, 1.82) is 0 Å². The van der Waals surface area contributed by atoms with Gasteiger partial charge in [-0.25, -0.2) is 9.78 Å². The van der Waals surface area contributed by atoms with Crippen LogP contribution in [0.15, 0.2) is 41.2 Å². The number of nitrogens with one attached hydrogen (secondary N) is 1. The molecule has 3 aromatic rings. The lowest BCUT2D eigenvalue weighted by Gasteiger charge is -2.36. The Bertz CT molecular complexity index is 1300. The first kappa shape index (κ1) is 18.5. The predicted molar refractivity (Wildman–Crippen MR) is 110 cm³/mol. The van der Waals surface area contributed by atoms with E-state index in [1.54, 1.807) is 17.6 Å². The van der Waals surface area contributed by atoms with Gasteiger partial charge in [0.1, 0.15) is 6.61 Å². The van der Waals surface area contributed by atoms with Gasteiger partial charge < -0.3 is 20.4 Å². The van der Waals surface area contributed by atoms with E-state index in [-0.39, 0.29) is 25.1 Å². The first-order chi connectivity index (χ1) is 14.5. The Hall–Kier alpha value is -3.52. The van der Waals surface area contributed by atoms with Crippen LogP contribution in [0.4, 0.5) is 0 Å². The molecule has 2 aromatic heterocycles. The van der Waals surface area contributed by atoms with Crippen LogP contribution in [-0.4, -0.2) is 28.0 Å². The standard InChI is InChI=1S/C22H20N4O4/c1-2-22(25-18(27)9-23)15-8-17-19-13(7-12-5-3-4-6-16(12)24-19)10-26(17)20(28)14(15)11-30-21(22)29/h3-8H,2,9-11,23H2,1H3,(H,25,27)/t22-/m0/s1. The fourth-order valence-electron chi connectivity index (χ4n) is 4.44. The van der Waals surface area contributed by atoms with Crippen molar-refractivity contribution >= 4 is 22.8 Å². The van der Waals surface area contributed by atoms with Crippen molar-refractivity contribution in [3.05, 3.63) is 63.4 Å². The van der Waals surface area contributed by atoms with Crippen molar-refractivity contribution in [1.82, 2.24) is 14.9 Å². The first-order valence-corrected chi connectivity index (χ1v) is 9.83. The minimum absolute atomic E-state index is 0.126. The van der Waals surface area contributed by atoms with Crippen molar-refractivity contribution in [2.24, 2.45) is 5.73 Å². The second-order valence-corrected chi connectivity index (χ2v) is 7.59. The molecule has 0 aliphatic carbocycles. The third-order valence-electron chi connectivity index (χ3n) is 6.00. The molecule has 1 aromatic carbocycles. The molecule has 8 nitrogen and oxygen atoms in total. The van der Waals surface area contributed by atoms with Crippen molar-refractivity contribution in [2.45, 2.75) is 32.0 Å². The second-order valence-electron chi connectivity index (χ2n) is 7.59. The second kappa shape index (κ2) is 6.50. The number of para-hydroxylation sites is 1. The number of ether oxygens (including phenoxy) is 1. The van der Waals surface area contributed by atoms with Crippen LogP contribution in [0, 0.1) is 0 Å². The minimum atomic E-state index is -1.45. The molecular weight excluding hydrogens is 384 g/mol. The van der Waals surface area contributed by atoms with Gasteiger partial charge in [0, 0.05) is 16.5 Å². The van der Waals surface area contributed by atoms with Gasteiger partial charge in [0.2, 0.25) is 5.91 Å². The van der Waals surface area contributed by atoms with Crippen LogP contribution in [0.5, 0.6) is 0 Å². The van der Waals surface area contributed by atoms with Crippen LogP contribution in [0.25, 0.3) is 22.3 Å². The third-order valence-corrected chi connectivity index (χ3v) is 6.00. The molecule has 1 atom stereocenters. The zero-order valence-electron chi connectivity index (χ0n) is 16.4. The summed E-state index contributed by atoms with van der Waals surface area (Å²) in [5.74, 6) is -1.08. The lowest BCUT2D eigenvalue weighted by atomic mass is 9.82. The number of amides is 1. The molecule has 3 N–H and O–H groups in total. The van der Waals surface area contributed by atoms with Gasteiger partial charge in [0.15, 0.2) is 5.54 Å². The maximum Gasteiger partial charge on any atom is 0.336 e. The number of carbonyl (C=O) groups excluding carboxylic acids is 2. The topological polar surface area (TPSA) is 116 Å². The van der Waals surface area contributed by atoms with E-state index in [4.69, 9.17) is 15.5 Å². The summed E-state index contributed by atoms with van der Waals surface area (Å²) in [6, 6.07) is 11.6. The largest absolute Gasteiger partial charge is 0.459 e. The molecule has 0 spiro atoms. The van der Waals surface area contributed by atoms with E-state index in [9.17, 15) is 14.4 Å². The van der Waals surface area contributed by atoms with Gasteiger partial charge in [-0.1, -0.05) is 25.1 Å². The Kier molecular flexibility index (Phi) is 4.01. The van der Waals surface area contributed by atoms with Crippen LogP contribution >= 0.6 is 0 Å². The summed E-state index contributed by atoms with van der Waals surface area (Å²) in [5, 5.41) is 3.70. The predicted octanol–water partition coefficient (Wildman–Crippen LogP) is 1.16. The van der Waals surface area contributed by atoms with Crippen molar-refractivity contribution in [3.8, 4) is 11.4 Å². The summed E-state index contributed by atoms with van der Waals surface area (Å²) in [7, 11) is 0. The Labute approximate surface area is 171 Å². The molecule has 152 valence electrons. The average Bonchev–Trinajstić information content (AvgIpc) is 3.12. The monoisotopic (exact) mass is 404 g/mol. The van der Waals surface area contributed by atoms with E-state index in [0.29, 0.717) is 29.1 Å². The average molecular weight is 404 g/mol. The molecule has 0 unspecified atom stereocenters. The van der Waals surface area contributed by atoms with Crippen LogP contribution in [-0.2, 0) is 33.0 Å². The molecule has 0 radical (unpaired) electrons. The molecule has 0 fully saturated rings. The third kappa shape index (κ3) is 2.43. The lowest BCUT2D eigenvalue weighted by Crippen LogP contribution is -2.57.